The first-order chi connectivity index (χ1) is 21.2. The van der Waals surface area contributed by atoms with Crippen LogP contribution in [0.15, 0.2) is 92.9 Å². The van der Waals surface area contributed by atoms with E-state index in [0.29, 0.717) is 20.2 Å². The van der Waals surface area contributed by atoms with Crippen molar-refractivity contribution in [3.63, 3.8) is 0 Å². The maximum atomic E-state index is 13.4. The number of fused-ring (bicyclic) bond motifs is 1. The molecule has 0 fully saturated rings. The van der Waals surface area contributed by atoms with Crippen LogP contribution in [0, 0.1) is 6.92 Å². The second kappa shape index (κ2) is 13.3. The van der Waals surface area contributed by atoms with Gasteiger partial charge >= 0.3 is 11.9 Å². The second-order valence-electron chi connectivity index (χ2n) is 9.59. The highest BCUT2D eigenvalue weighted by molar-refractivity contribution is 9.11. The Labute approximate surface area is 269 Å². The average molecular weight is 719 g/mol. The van der Waals surface area contributed by atoms with Gasteiger partial charge in [-0.1, -0.05) is 64.5 Å². The summed E-state index contributed by atoms with van der Waals surface area (Å²) >= 11 is 6.88. The number of amides is 1. The number of carbonyl (C=O) groups excluding carboxylic acids is 3. The van der Waals surface area contributed by atoms with E-state index >= 15 is 0 Å². The number of aromatic amines is 1. The van der Waals surface area contributed by atoms with Crippen molar-refractivity contribution in [3.05, 3.63) is 110 Å². The molecule has 0 saturated heterocycles. The third-order valence-corrected chi connectivity index (χ3v) is 7.63. The van der Waals surface area contributed by atoms with Gasteiger partial charge in [0.1, 0.15) is 5.69 Å². The van der Waals surface area contributed by atoms with Gasteiger partial charge in [-0.05, 0) is 64.3 Å². The number of aromatic nitrogens is 1. The first-order valence-electron chi connectivity index (χ1n) is 13.2. The minimum Gasteiger partial charge on any atom is -0.493 e. The number of rotatable bonds is 8. The number of para-hydroxylation sites is 1. The lowest BCUT2D eigenvalue weighted by Gasteiger charge is -2.12. The predicted octanol–water partition coefficient (Wildman–Crippen LogP) is 7.59. The molecular formula is C33H25Br2N3O6. The van der Waals surface area contributed by atoms with Crippen molar-refractivity contribution < 1.29 is 28.6 Å². The van der Waals surface area contributed by atoms with Crippen molar-refractivity contribution in [2.75, 3.05) is 7.11 Å². The molecule has 1 heterocycles. The molecule has 1 aromatic heterocycles. The van der Waals surface area contributed by atoms with Crippen LogP contribution in [0.5, 0.6) is 17.2 Å². The summed E-state index contributed by atoms with van der Waals surface area (Å²) in [5, 5.41) is 5.11. The van der Waals surface area contributed by atoms with Gasteiger partial charge < -0.3 is 19.2 Å². The highest BCUT2D eigenvalue weighted by atomic mass is 79.9. The van der Waals surface area contributed by atoms with Gasteiger partial charge in [0.25, 0.3) is 5.91 Å². The van der Waals surface area contributed by atoms with Gasteiger partial charge in [-0.3, -0.25) is 9.59 Å². The Morgan fingerprint density at radius 3 is 2.41 bits per heavy atom. The number of methoxy groups -OCH3 is 1. The van der Waals surface area contributed by atoms with Crippen LogP contribution in [0.3, 0.4) is 0 Å². The van der Waals surface area contributed by atoms with Crippen molar-refractivity contribution in [1.29, 1.82) is 0 Å². The molecule has 0 atom stereocenters. The summed E-state index contributed by atoms with van der Waals surface area (Å²) < 4.78 is 17.2. The molecule has 5 aromatic rings. The number of esters is 2. The Hall–Kier alpha value is -4.74. The standard InChI is InChI=1S/C33H25Br2N3O6/c1-18-8-7-11-24-28(20-9-5-4-6-10-20)30(37-29(18)24)32(40)38-36-17-22-14-23(34)16-25(35)31(22)44-33(41)21-12-13-26(43-19(2)39)27(15-21)42-3/h4-17,37H,1-3H3,(H,38,40). The van der Waals surface area contributed by atoms with E-state index in [1.165, 1.54) is 38.4 Å². The van der Waals surface area contributed by atoms with E-state index in [-0.39, 0.29) is 22.8 Å². The molecule has 0 spiro atoms. The molecule has 0 aliphatic carbocycles. The molecular weight excluding hydrogens is 694 g/mol. The minimum atomic E-state index is -0.694. The molecule has 0 aliphatic heterocycles. The molecule has 1 amide bonds. The lowest BCUT2D eigenvalue weighted by atomic mass is 10.0. The fourth-order valence-corrected chi connectivity index (χ4v) is 5.96. The first kappa shape index (κ1) is 30.7. The van der Waals surface area contributed by atoms with Gasteiger partial charge in [0.15, 0.2) is 17.2 Å². The lowest BCUT2D eigenvalue weighted by Crippen LogP contribution is -2.19. The van der Waals surface area contributed by atoms with Crippen molar-refractivity contribution in [2.24, 2.45) is 5.10 Å². The number of carbonyl (C=O) groups is 3. The van der Waals surface area contributed by atoms with Crippen molar-refractivity contribution in [1.82, 2.24) is 10.4 Å². The summed E-state index contributed by atoms with van der Waals surface area (Å²) in [5.41, 5.74) is 7.05. The number of nitrogens with one attached hydrogen (secondary N) is 2. The minimum absolute atomic E-state index is 0.159. The highest BCUT2D eigenvalue weighted by Gasteiger charge is 2.21. The van der Waals surface area contributed by atoms with Crippen molar-refractivity contribution in [2.45, 2.75) is 13.8 Å². The van der Waals surface area contributed by atoms with Crippen LogP contribution in [0.4, 0.5) is 0 Å². The van der Waals surface area contributed by atoms with Crippen LogP contribution in [0.2, 0.25) is 0 Å². The summed E-state index contributed by atoms with van der Waals surface area (Å²) in [6.45, 7) is 3.24. The number of nitrogens with zero attached hydrogens (tertiary/aromatic N) is 1. The molecule has 2 N–H and O–H groups in total. The fraction of sp³-hybridized carbons (Fsp3) is 0.0909. The predicted molar refractivity (Wildman–Crippen MR) is 175 cm³/mol. The Morgan fingerprint density at radius 1 is 0.909 bits per heavy atom. The molecule has 0 unspecified atom stereocenters. The van der Waals surface area contributed by atoms with Gasteiger partial charge in [0, 0.05) is 33.4 Å². The SMILES string of the molecule is COc1cc(C(=O)Oc2c(Br)cc(Br)cc2C=NNC(=O)c2[nH]c3c(C)cccc3c2-c2ccccc2)ccc1OC(C)=O. The van der Waals surface area contributed by atoms with Crippen LogP contribution in [0.25, 0.3) is 22.0 Å². The summed E-state index contributed by atoms with van der Waals surface area (Å²) in [7, 11) is 1.39. The highest BCUT2D eigenvalue weighted by Crippen LogP contribution is 2.35. The smallest absolute Gasteiger partial charge is 0.343 e. The van der Waals surface area contributed by atoms with Gasteiger partial charge in [0.2, 0.25) is 0 Å². The average Bonchev–Trinajstić information content (AvgIpc) is 3.40. The van der Waals surface area contributed by atoms with Gasteiger partial charge in [0.05, 0.1) is 23.4 Å². The fourth-order valence-electron chi connectivity index (χ4n) is 4.62. The van der Waals surface area contributed by atoms with E-state index in [1.807, 2.05) is 55.5 Å². The molecule has 0 bridgehead atoms. The molecule has 11 heteroatoms. The zero-order valence-electron chi connectivity index (χ0n) is 23.7. The largest absolute Gasteiger partial charge is 0.493 e. The Morgan fingerprint density at radius 2 is 1.68 bits per heavy atom. The molecule has 0 saturated carbocycles. The molecule has 4 aromatic carbocycles. The van der Waals surface area contributed by atoms with E-state index in [0.717, 1.165) is 27.6 Å². The summed E-state index contributed by atoms with van der Waals surface area (Å²) in [6, 6.07) is 23.3. The van der Waals surface area contributed by atoms with Gasteiger partial charge in [-0.25, -0.2) is 10.2 Å². The Kier molecular flexibility index (Phi) is 9.26. The zero-order chi connectivity index (χ0) is 31.4. The Balaban J connectivity index is 1.42. The summed E-state index contributed by atoms with van der Waals surface area (Å²) in [5.74, 6) is -1.13. The number of halogens is 2. The molecule has 44 heavy (non-hydrogen) atoms. The Bertz CT molecular complexity index is 1940. The maximum Gasteiger partial charge on any atom is 0.343 e. The first-order valence-corrected chi connectivity index (χ1v) is 14.8. The van der Waals surface area contributed by atoms with Crippen molar-refractivity contribution >= 4 is 66.8 Å². The van der Waals surface area contributed by atoms with E-state index < -0.39 is 17.8 Å². The third kappa shape index (κ3) is 6.58. The lowest BCUT2D eigenvalue weighted by molar-refractivity contribution is -0.132. The van der Waals surface area contributed by atoms with Crippen molar-refractivity contribution in [3.8, 4) is 28.4 Å². The molecule has 0 aliphatic rings. The number of H-pyrrole nitrogens is 1. The molecule has 222 valence electrons. The second-order valence-corrected chi connectivity index (χ2v) is 11.4. The van der Waals surface area contributed by atoms with Crippen LogP contribution >= 0.6 is 31.9 Å². The topological polar surface area (TPSA) is 119 Å². The van der Waals surface area contributed by atoms with E-state index in [4.69, 9.17) is 14.2 Å². The van der Waals surface area contributed by atoms with Crippen LogP contribution < -0.4 is 19.6 Å². The maximum absolute atomic E-state index is 13.4. The van der Waals surface area contributed by atoms with E-state index in [2.05, 4.69) is 47.4 Å². The normalized spacial score (nSPS) is 11.0. The van der Waals surface area contributed by atoms with Crippen LogP contribution in [-0.4, -0.2) is 36.2 Å². The zero-order valence-corrected chi connectivity index (χ0v) is 26.9. The summed E-state index contributed by atoms with van der Waals surface area (Å²) in [4.78, 5) is 41.2. The third-order valence-electron chi connectivity index (χ3n) is 6.59. The number of hydrogen-bond donors (Lipinski definition) is 2. The molecule has 9 nitrogen and oxygen atoms in total. The monoisotopic (exact) mass is 717 g/mol. The van der Waals surface area contributed by atoms with E-state index in [9.17, 15) is 14.4 Å². The quantitative estimate of drug-likeness (QED) is 0.0739. The van der Waals surface area contributed by atoms with Crippen LogP contribution in [-0.2, 0) is 4.79 Å². The molecule has 0 radical (unpaired) electrons. The van der Waals surface area contributed by atoms with Crippen LogP contribution in [0.1, 0.15) is 38.9 Å². The van der Waals surface area contributed by atoms with E-state index in [1.54, 1.807) is 12.1 Å². The number of aryl methyl sites for hydroxylation is 1. The number of hydrogen-bond acceptors (Lipinski definition) is 7. The number of benzene rings is 4. The van der Waals surface area contributed by atoms with Gasteiger partial charge in [-0.2, -0.15) is 5.10 Å². The number of ether oxygens (including phenoxy) is 3. The number of hydrazone groups is 1. The molecule has 5 rings (SSSR count). The van der Waals surface area contributed by atoms with Gasteiger partial charge in [-0.15, -0.1) is 0 Å². The summed E-state index contributed by atoms with van der Waals surface area (Å²) in [6.07, 6.45) is 1.39.